The zero-order valence-corrected chi connectivity index (χ0v) is 8.56. The first kappa shape index (κ1) is 10.6. The minimum Gasteiger partial charge on any atom is -0.347 e. The molecule has 0 aromatic carbocycles. The third-order valence-electron chi connectivity index (χ3n) is 1.45. The maximum atomic E-state index is 11.2. The van der Waals surface area contributed by atoms with Gasteiger partial charge in [-0.3, -0.25) is 9.59 Å². The van der Waals surface area contributed by atoms with Crippen LogP contribution in [-0.4, -0.2) is 23.3 Å². The minimum atomic E-state index is -0.262. The number of carbonyl (C=O) groups excluding carboxylic acids is 2. The number of aromatic nitrogens is 1. The first-order valence-corrected chi connectivity index (χ1v) is 5.06. The summed E-state index contributed by atoms with van der Waals surface area (Å²) < 4.78 is 0. The third kappa shape index (κ3) is 3.53. The van der Waals surface area contributed by atoms with Crippen molar-refractivity contribution in [3.63, 3.8) is 0 Å². The van der Waals surface area contributed by atoms with E-state index in [4.69, 9.17) is 0 Å². The maximum absolute atomic E-state index is 11.2. The summed E-state index contributed by atoms with van der Waals surface area (Å²) >= 11 is 1.34. The molecule has 1 rings (SSSR count). The smallest absolute Gasteiger partial charge is 0.245 e. The Morgan fingerprint density at radius 3 is 2.86 bits per heavy atom. The van der Waals surface area contributed by atoms with E-state index in [9.17, 15) is 9.59 Å². The standard InChI is InChI=1S/C8H11N3O2S/c1-2-6(12)10-5-7(13)11-8-9-3-4-14-8/h3-4H,2,5H2,1H3,(H,10,12)(H,9,11,13). The highest BCUT2D eigenvalue weighted by atomic mass is 32.1. The molecule has 0 radical (unpaired) electrons. The average Bonchev–Trinajstić information content (AvgIpc) is 2.66. The van der Waals surface area contributed by atoms with Crippen LogP contribution in [0.25, 0.3) is 0 Å². The fourth-order valence-electron chi connectivity index (χ4n) is 0.752. The summed E-state index contributed by atoms with van der Waals surface area (Å²) in [5, 5.41) is 7.33. The van der Waals surface area contributed by atoms with Crippen LogP contribution in [0.5, 0.6) is 0 Å². The number of amides is 2. The Morgan fingerprint density at radius 2 is 2.29 bits per heavy atom. The van der Waals surface area contributed by atoms with Crippen molar-refractivity contribution in [1.29, 1.82) is 0 Å². The van der Waals surface area contributed by atoms with Gasteiger partial charge in [0.2, 0.25) is 11.8 Å². The predicted molar refractivity (Wildman–Crippen MR) is 54.0 cm³/mol. The SMILES string of the molecule is CCC(=O)NCC(=O)Nc1nccs1. The number of nitrogens with one attached hydrogen (secondary N) is 2. The molecule has 0 saturated carbocycles. The largest absolute Gasteiger partial charge is 0.347 e. The maximum Gasteiger partial charge on any atom is 0.245 e. The molecule has 2 amide bonds. The van der Waals surface area contributed by atoms with Gasteiger partial charge in [0.1, 0.15) is 0 Å². The van der Waals surface area contributed by atoms with Crippen LogP contribution >= 0.6 is 11.3 Å². The second kappa shape index (κ2) is 5.33. The predicted octanol–water partition coefficient (Wildman–Crippen LogP) is 0.608. The van der Waals surface area contributed by atoms with Gasteiger partial charge >= 0.3 is 0 Å². The van der Waals surface area contributed by atoms with Crippen molar-refractivity contribution in [3.05, 3.63) is 11.6 Å². The van der Waals surface area contributed by atoms with Gasteiger partial charge in [0.05, 0.1) is 6.54 Å². The number of thiazole rings is 1. The molecule has 2 N–H and O–H groups in total. The molecule has 1 heterocycles. The van der Waals surface area contributed by atoms with Gasteiger partial charge in [0.25, 0.3) is 0 Å². The summed E-state index contributed by atoms with van der Waals surface area (Å²) in [5.41, 5.74) is 0. The summed E-state index contributed by atoms with van der Waals surface area (Å²) in [5.74, 6) is -0.402. The highest BCUT2D eigenvalue weighted by Crippen LogP contribution is 2.09. The molecule has 0 fully saturated rings. The first-order chi connectivity index (χ1) is 6.72. The molecule has 0 atom stereocenters. The van der Waals surface area contributed by atoms with Gasteiger partial charge in [0, 0.05) is 18.0 Å². The molecule has 76 valence electrons. The summed E-state index contributed by atoms with van der Waals surface area (Å²) in [7, 11) is 0. The lowest BCUT2D eigenvalue weighted by Crippen LogP contribution is -2.32. The van der Waals surface area contributed by atoms with Crippen LogP contribution in [0.2, 0.25) is 0 Å². The van der Waals surface area contributed by atoms with Crippen molar-refractivity contribution in [2.24, 2.45) is 0 Å². The second-order valence-corrected chi connectivity index (χ2v) is 3.41. The van der Waals surface area contributed by atoms with Crippen LogP contribution < -0.4 is 10.6 Å². The molecule has 0 bridgehead atoms. The van der Waals surface area contributed by atoms with Crippen molar-refractivity contribution < 1.29 is 9.59 Å². The summed E-state index contributed by atoms with van der Waals surface area (Å²) in [6, 6.07) is 0. The quantitative estimate of drug-likeness (QED) is 0.769. The zero-order chi connectivity index (χ0) is 10.4. The van der Waals surface area contributed by atoms with E-state index < -0.39 is 0 Å². The van der Waals surface area contributed by atoms with Gasteiger partial charge in [-0.2, -0.15) is 0 Å². The number of hydrogen-bond acceptors (Lipinski definition) is 4. The van der Waals surface area contributed by atoms with E-state index in [1.54, 1.807) is 18.5 Å². The third-order valence-corrected chi connectivity index (χ3v) is 2.13. The van der Waals surface area contributed by atoms with Crippen molar-refractivity contribution in [2.45, 2.75) is 13.3 Å². The fraction of sp³-hybridized carbons (Fsp3) is 0.375. The van der Waals surface area contributed by atoms with Crippen molar-refractivity contribution in [1.82, 2.24) is 10.3 Å². The van der Waals surface area contributed by atoms with Crippen LogP contribution in [0.3, 0.4) is 0 Å². The Kier molecular flexibility index (Phi) is 4.06. The van der Waals surface area contributed by atoms with Crippen LogP contribution in [0.15, 0.2) is 11.6 Å². The van der Waals surface area contributed by atoms with Crippen LogP contribution in [0, 0.1) is 0 Å². The highest BCUT2D eigenvalue weighted by molar-refractivity contribution is 7.13. The molecule has 0 aliphatic carbocycles. The normalized spacial score (nSPS) is 9.50. The van der Waals surface area contributed by atoms with E-state index in [1.807, 2.05) is 0 Å². The summed E-state index contributed by atoms with van der Waals surface area (Å²) in [6.07, 6.45) is 1.98. The Morgan fingerprint density at radius 1 is 1.50 bits per heavy atom. The lowest BCUT2D eigenvalue weighted by Gasteiger charge is -2.02. The summed E-state index contributed by atoms with van der Waals surface area (Å²) in [6.45, 7) is 1.72. The van der Waals surface area contributed by atoms with E-state index in [-0.39, 0.29) is 18.4 Å². The van der Waals surface area contributed by atoms with Gasteiger partial charge in [-0.25, -0.2) is 4.98 Å². The molecule has 0 spiro atoms. The number of rotatable bonds is 4. The minimum absolute atomic E-state index is 0.00769. The molecule has 0 saturated heterocycles. The van der Waals surface area contributed by atoms with Crippen LogP contribution in [0.4, 0.5) is 5.13 Å². The number of anilines is 1. The molecule has 0 aliphatic heterocycles. The van der Waals surface area contributed by atoms with Crippen molar-refractivity contribution in [2.75, 3.05) is 11.9 Å². The van der Waals surface area contributed by atoms with Gasteiger partial charge in [-0.1, -0.05) is 6.92 Å². The number of carbonyl (C=O) groups is 2. The molecule has 0 unspecified atom stereocenters. The Balaban J connectivity index is 2.26. The monoisotopic (exact) mass is 213 g/mol. The molecule has 5 nitrogen and oxygen atoms in total. The van der Waals surface area contributed by atoms with E-state index in [1.165, 1.54) is 11.3 Å². The fourth-order valence-corrected chi connectivity index (χ4v) is 1.30. The molecular weight excluding hydrogens is 202 g/mol. The van der Waals surface area contributed by atoms with Gasteiger partial charge in [-0.15, -0.1) is 11.3 Å². The molecule has 14 heavy (non-hydrogen) atoms. The number of hydrogen-bond donors (Lipinski definition) is 2. The lowest BCUT2D eigenvalue weighted by molar-refractivity contribution is -0.123. The Bertz CT molecular complexity index is 310. The van der Waals surface area contributed by atoms with E-state index in [2.05, 4.69) is 15.6 Å². The Hall–Kier alpha value is -1.43. The Labute approximate surface area is 85.5 Å². The second-order valence-electron chi connectivity index (χ2n) is 2.52. The summed E-state index contributed by atoms with van der Waals surface area (Å²) in [4.78, 5) is 25.9. The van der Waals surface area contributed by atoms with E-state index in [0.29, 0.717) is 11.6 Å². The molecule has 1 aromatic rings. The molecule has 6 heteroatoms. The topological polar surface area (TPSA) is 71.1 Å². The average molecular weight is 213 g/mol. The van der Waals surface area contributed by atoms with Crippen LogP contribution in [0.1, 0.15) is 13.3 Å². The van der Waals surface area contributed by atoms with Crippen LogP contribution in [-0.2, 0) is 9.59 Å². The highest BCUT2D eigenvalue weighted by Gasteiger charge is 2.04. The van der Waals surface area contributed by atoms with Crippen molar-refractivity contribution in [3.8, 4) is 0 Å². The molecule has 0 aliphatic rings. The van der Waals surface area contributed by atoms with E-state index >= 15 is 0 Å². The van der Waals surface area contributed by atoms with Crippen molar-refractivity contribution >= 4 is 28.3 Å². The lowest BCUT2D eigenvalue weighted by atomic mass is 10.4. The first-order valence-electron chi connectivity index (χ1n) is 4.18. The van der Waals surface area contributed by atoms with Gasteiger partial charge in [-0.05, 0) is 0 Å². The number of nitrogens with zero attached hydrogens (tertiary/aromatic N) is 1. The van der Waals surface area contributed by atoms with E-state index in [0.717, 1.165) is 0 Å². The zero-order valence-electron chi connectivity index (χ0n) is 7.74. The van der Waals surface area contributed by atoms with Gasteiger partial charge in [0.15, 0.2) is 5.13 Å². The molecular formula is C8H11N3O2S. The molecule has 1 aromatic heterocycles. The van der Waals surface area contributed by atoms with Gasteiger partial charge < -0.3 is 10.6 Å².